The van der Waals surface area contributed by atoms with Crippen LogP contribution in [-0.2, 0) is 0 Å². The lowest BCUT2D eigenvalue weighted by Gasteiger charge is -2.03. The van der Waals surface area contributed by atoms with Crippen molar-refractivity contribution in [2.75, 3.05) is 6.54 Å². The molecule has 1 aliphatic rings. The summed E-state index contributed by atoms with van der Waals surface area (Å²) in [4.78, 5) is 0. The molecule has 28 valence electrons. The Morgan fingerprint density at radius 3 is 2.20 bits per heavy atom. The molecule has 0 aromatic heterocycles. The van der Waals surface area contributed by atoms with Crippen molar-refractivity contribution in [1.82, 2.24) is 0 Å². The maximum atomic E-state index is 4.17. The normalized spacial score (nSPS) is 20.6. The molecule has 0 atom stereocenters. The molecule has 0 saturated heterocycles. The quantitative estimate of drug-likeness (QED) is 0.387. The molecular formula is C3H7NSi. The molecule has 5 heavy (non-hydrogen) atoms. The Balaban J connectivity index is 2.51. The second kappa shape index (κ2) is 1.01. The lowest BCUT2D eigenvalue weighted by Crippen LogP contribution is -2.06. The van der Waals surface area contributed by atoms with Crippen LogP contribution in [0.4, 0.5) is 0 Å². The molecule has 0 unspecified atom stereocenters. The van der Waals surface area contributed by atoms with Gasteiger partial charge in [0.25, 0.3) is 0 Å². The van der Waals surface area contributed by atoms with Gasteiger partial charge in [-0.2, -0.15) is 0 Å². The first-order valence-corrected chi connectivity index (χ1v) is 4.05. The van der Waals surface area contributed by atoms with Crippen LogP contribution in [0.1, 0.15) is 0 Å². The summed E-state index contributed by atoms with van der Waals surface area (Å²) in [6.07, 6.45) is 0. The molecule has 0 amide bonds. The molecular weight excluding hydrogens is 78.1 g/mol. The minimum Gasteiger partial charge on any atom is -0.337 e. The highest BCUT2D eigenvalue weighted by Gasteiger charge is 1.98. The van der Waals surface area contributed by atoms with E-state index >= 15 is 0 Å². The van der Waals surface area contributed by atoms with E-state index in [4.69, 9.17) is 0 Å². The molecule has 0 aromatic rings. The summed E-state index contributed by atoms with van der Waals surface area (Å²) in [6.45, 7) is 3.40. The van der Waals surface area contributed by atoms with Gasteiger partial charge < -0.3 is 4.63 Å². The van der Waals surface area contributed by atoms with Crippen molar-refractivity contribution in [3.63, 3.8) is 0 Å². The average Bonchev–Trinajstić information content (AvgIpc) is 1.30. The van der Waals surface area contributed by atoms with Crippen molar-refractivity contribution in [2.45, 2.75) is 12.6 Å². The summed E-state index contributed by atoms with van der Waals surface area (Å²) in [6, 6.07) is 1.42. The molecule has 0 aliphatic carbocycles. The third kappa shape index (κ3) is 0.451. The topological polar surface area (TPSA) is 12.4 Å². The van der Waals surface area contributed by atoms with E-state index in [1.54, 1.807) is 0 Å². The zero-order valence-electron chi connectivity index (χ0n) is 3.36. The van der Waals surface area contributed by atoms with E-state index < -0.39 is 0 Å². The Morgan fingerprint density at radius 2 is 2.20 bits per heavy atom. The van der Waals surface area contributed by atoms with E-state index in [-0.39, 0.29) is 8.59 Å². The van der Waals surface area contributed by atoms with Crippen molar-refractivity contribution in [2.24, 2.45) is 4.63 Å². The molecule has 1 rings (SSSR count). The maximum absolute atomic E-state index is 4.17. The third-order valence-electron chi connectivity index (χ3n) is 0.855. The van der Waals surface area contributed by atoms with E-state index in [1.807, 2.05) is 0 Å². The zero-order chi connectivity index (χ0) is 3.70. The van der Waals surface area contributed by atoms with E-state index in [9.17, 15) is 0 Å². The van der Waals surface area contributed by atoms with Gasteiger partial charge in [0.1, 0.15) is 8.59 Å². The summed E-state index contributed by atoms with van der Waals surface area (Å²) in [5, 5.41) is 0. The first kappa shape index (κ1) is 3.22. The molecule has 1 aliphatic heterocycles. The molecule has 0 N–H and O–H groups in total. The minimum atomic E-state index is -0.0684. The fourth-order valence-corrected chi connectivity index (χ4v) is 1.01. The van der Waals surface area contributed by atoms with Gasteiger partial charge in [-0.25, -0.2) is 0 Å². The molecule has 0 spiro atoms. The lowest BCUT2D eigenvalue weighted by atomic mass is 10.8. The van der Waals surface area contributed by atoms with Gasteiger partial charge in [0.2, 0.25) is 0 Å². The Bertz CT molecular complexity index is 67.3. The number of nitrogens with zero attached hydrogens (tertiary/aromatic N) is 1. The Morgan fingerprint density at radius 1 is 1.80 bits per heavy atom. The zero-order valence-corrected chi connectivity index (χ0v) is 4.36. The molecule has 0 fully saturated rings. The van der Waals surface area contributed by atoms with Crippen molar-refractivity contribution in [1.29, 1.82) is 0 Å². The first-order chi connectivity index (χ1) is 2.39. The van der Waals surface area contributed by atoms with Crippen LogP contribution in [0, 0.1) is 0 Å². The Hall–Kier alpha value is 0.0169. The van der Waals surface area contributed by atoms with Crippen LogP contribution in [-0.4, -0.2) is 15.1 Å². The Kier molecular flexibility index (Phi) is 0.650. The molecule has 0 saturated carbocycles. The van der Waals surface area contributed by atoms with Crippen LogP contribution in [0.5, 0.6) is 0 Å². The maximum Gasteiger partial charge on any atom is 0.120 e. The van der Waals surface area contributed by atoms with Crippen LogP contribution in [0.2, 0.25) is 12.6 Å². The van der Waals surface area contributed by atoms with Gasteiger partial charge in [-0.15, -0.1) is 0 Å². The number of hydrogen-bond donors (Lipinski definition) is 0. The van der Waals surface area contributed by atoms with Gasteiger partial charge in [0.05, 0.1) is 0 Å². The SMILES string of the molecule is C[Si]1=NCC1. The summed E-state index contributed by atoms with van der Waals surface area (Å²) < 4.78 is 4.17. The number of hydrogen-bond acceptors (Lipinski definition) is 1. The Labute approximate surface area is 33.4 Å². The first-order valence-electron chi connectivity index (χ1n) is 1.89. The second-order valence-corrected chi connectivity index (χ2v) is 3.65. The lowest BCUT2D eigenvalue weighted by molar-refractivity contribution is 1.04. The predicted molar refractivity (Wildman–Crippen MR) is 23.7 cm³/mol. The van der Waals surface area contributed by atoms with Gasteiger partial charge in [-0.05, 0) is 12.6 Å². The highest BCUT2D eigenvalue weighted by atomic mass is 28.2. The highest BCUT2D eigenvalue weighted by Crippen LogP contribution is 1.96. The summed E-state index contributed by atoms with van der Waals surface area (Å²) in [7, 11) is -0.0684. The molecule has 2 heteroatoms. The van der Waals surface area contributed by atoms with Gasteiger partial charge in [0, 0.05) is 6.54 Å². The molecule has 0 aromatic carbocycles. The highest BCUT2D eigenvalue weighted by molar-refractivity contribution is 6.47. The van der Waals surface area contributed by atoms with Gasteiger partial charge >= 0.3 is 0 Å². The van der Waals surface area contributed by atoms with E-state index in [0.717, 1.165) is 6.54 Å². The van der Waals surface area contributed by atoms with Crippen molar-refractivity contribution < 1.29 is 0 Å². The van der Waals surface area contributed by atoms with E-state index in [0.29, 0.717) is 0 Å². The fourth-order valence-electron chi connectivity index (χ4n) is 0.335. The molecule has 0 bridgehead atoms. The molecule has 0 radical (unpaired) electrons. The second-order valence-electron chi connectivity index (χ2n) is 1.37. The minimum absolute atomic E-state index is 0.0684. The smallest absolute Gasteiger partial charge is 0.120 e. The van der Waals surface area contributed by atoms with Crippen molar-refractivity contribution in [3.8, 4) is 0 Å². The summed E-state index contributed by atoms with van der Waals surface area (Å²) in [5.74, 6) is 0. The van der Waals surface area contributed by atoms with Crippen LogP contribution < -0.4 is 0 Å². The standard InChI is InChI=1S/C3H7NSi/c1-5-3-2-4-5/h2-3H2,1H3. The molecule has 1 heterocycles. The van der Waals surface area contributed by atoms with Crippen molar-refractivity contribution in [3.05, 3.63) is 0 Å². The van der Waals surface area contributed by atoms with Gasteiger partial charge in [0.15, 0.2) is 0 Å². The van der Waals surface area contributed by atoms with Gasteiger partial charge in [-0.1, -0.05) is 0 Å². The van der Waals surface area contributed by atoms with E-state index in [2.05, 4.69) is 11.2 Å². The number of rotatable bonds is 0. The van der Waals surface area contributed by atoms with Crippen LogP contribution in [0.3, 0.4) is 0 Å². The van der Waals surface area contributed by atoms with E-state index in [1.165, 1.54) is 6.04 Å². The van der Waals surface area contributed by atoms with Crippen LogP contribution in [0.25, 0.3) is 0 Å². The third-order valence-corrected chi connectivity index (χ3v) is 2.57. The molecule has 1 nitrogen and oxygen atoms in total. The van der Waals surface area contributed by atoms with Crippen molar-refractivity contribution >= 4 is 8.59 Å². The van der Waals surface area contributed by atoms with Crippen LogP contribution in [0.15, 0.2) is 4.63 Å². The largest absolute Gasteiger partial charge is 0.337 e. The average molecular weight is 85.2 g/mol. The fraction of sp³-hybridized carbons (Fsp3) is 1.00. The summed E-state index contributed by atoms with van der Waals surface area (Å²) >= 11 is 0. The van der Waals surface area contributed by atoms with Crippen LogP contribution >= 0.6 is 0 Å². The monoisotopic (exact) mass is 85.0 g/mol. The van der Waals surface area contributed by atoms with Gasteiger partial charge in [-0.3, -0.25) is 0 Å². The summed E-state index contributed by atoms with van der Waals surface area (Å²) in [5.41, 5.74) is 0. The predicted octanol–water partition coefficient (Wildman–Crippen LogP) is 0.890.